The molecule has 5 nitrogen and oxygen atoms in total. The molecule has 1 amide bonds. The summed E-state index contributed by atoms with van der Waals surface area (Å²) < 4.78 is 5.43. The molecule has 1 aromatic carbocycles. The van der Waals surface area contributed by atoms with Crippen molar-refractivity contribution in [2.45, 2.75) is 25.3 Å². The van der Waals surface area contributed by atoms with Gasteiger partial charge in [0.2, 0.25) is 0 Å². The van der Waals surface area contributed by atoms with Crippen molar-refractivity contribution in [3.05, 3.63) is 35.6 Å². The van der Waals surface area contributed by atoms with E-state index in [4.69, 9.17) is 9.52 Å². The van der Waals surface area contributed by atoms with Crippen LogP contribution in [0.1, 0.15) is 29.0 Å². The van der Waals surface area contributed by atoms with E-state index in [1.54, 1.807) is 12.1 Å². The molecule has 1 saturated carbocycles. The Labute approximate surface area is 109 Å². The van der Waals surface area contributed by atoms with Crippen molar-refractivity contribution >= 4 is 22.8 Å². The van der Waals surface area contributed by atoms with Crippen molar-refractivity contribution in [2.24, 2.45) is 0 Å². The van der Waals surface area contributed by atoms with Gasteiger partial charge in [-0.2, -0.15) is 0 Å². The third-order valence-corrected chi connectivity index (χ3v) is 3.41. The fraction of sp³-hybridized carbons (Fsp3) is 0.286. The Hall–Kier alpha value is -2.30. The number of rotatable bonds is 3. The number of benzene rings is 1. The summed E-state index contributed by atoms with van der Waals surface area (Å²) >= 11 is 0. The molecule has 5 heteroatoms. The van der Waals surface area contributed by atoms with Gasteiger partial charge < -0.3 is 14.8 Å². The Morgan fingerprint density at radius 3 is 2.68 bits per heavy atom. The Morgan fingerprint density at radius 1 is 1.32 bits per heavy atom. The normalized spacial score (nSPS) is 16.3. The van der Waals surface area contributed by atoms with Crippen LogP contribution in [0.5, 0.6) is 0 Å². The minimum absolute atomic E-state index is 0.146. The Balaban J connectivity index is 1.88. The standard InChI is InChI=1S/C14H13NO4/c1-8-2-3-10-9(6-8)7-11(19-10)12(16)15-14(4-5-14)13(17)18/h2-3,6-7H,4-5H2,1H3,(H,15,16)(H,17,18). The molecule has 0 unspecified atom stereocenters. The van der Waals surface area contributed by atoms with Crippen molar-refractivity contribution in [1.29, 1.82) is 0 Å². The van der Waals surface area contributed by atoms with Crippen LogP contribution in [-0.2, 0) is 4.79 Å². The second-order valence-corrected chi connectivity index (χ2v) is 4.99. The molecular weight excluding hydrogens is 246 g/mol. The summed E-state index contributed by atoms with van der Waals surface area (Å²) in [4.78, 5) is 23.0. The first-order valence-electron chi connectivity index (χ1n) is 6.06. The number of furan rings is 1. The molecule has 0 atom stereocenters. The lowest BCUT2D eigenvalue weighted by Crippen LogP contribution is -2.42. The minimum Gasteiger partial charge on any atom is -0.480 e. The number of carboxylic acids is 1. The maximum atomic E-state index is 12.0. The topological polar surface area (TPSA) is 79.5 Å². The smallest absolute Gasteiger partial charge is 0.329 e. The van der Waals surface area contributed by atoms with Crippen LogP contribution < -0.4 is 5.32 Å². The number of aryl methyl sites for hydroxylation is 1. The molecule has 2 N–H and O–H groups in total. The number of aliphatic carboxylic acids is 1. The second-order valence-electron chi connectivity index (χ2n) is 4.99. The average molecular weight is 259 g/mol. The zero-order valence-corrected chi connectivity index (χ0v) is 10.4. The molecule has 0 aliphatic heterocycles. The molecule has 1 heterocycles. The number of carboxylic acid groups (broad SMARTS) is 1. The van der Waals surface area contributed by atoms with Gasteiger partial charge in [-0.15, -0.1) is 0 Å². The molecule has 1 fully saturated rings. The van der Waals surface area contributed by atoms with Crippen molar-refractivity contribution < 1.29 is 19.1 Å². The zero-order valence-electron chi connectivity index (χ0n) is 10.4. The highest BCUT2D eigenvalue weighted by molar-refractivity contribution is 5.99. The second kappa shape index (κ2) is 3.85. The molecule has 0 saturated heterocycles. The van der Waals surface area contributed by atoms with Crippen molar-refractivity contribution in [3.8, 4) is 0 Å². The fourth-order valence-corrected chi connectivity index (χ4v) is 2.07. The van der Waals surface area contributed by atoms with Gasteiger partial charge >= 0.3 is 5.97 Å². The summed E-state index contributed by atoms with van der Waals surface area (Å²) in [6.45, 7) is 1.95. The highest BCUT2D eigenvalue weighted by Gasteiger charge is 2.52. The van der Waals surface area contributed by atoms with Crippen molar-refractivity contribution in [2.75, 3.05) is 0 Å². The van der Waals surface area contributed by atoms with E-state index >= 15 is 0 Å². The monoisotopic (exact) mass is 259 g/mol. The number of carbonyl (C=O) groups is 2. The lowest BCUT2D eigenvalue weighted by Gasteiger charge is -2.10. The quantitative estimate of drug-likeness (QED) is 0.884. The van der Waals surface area contributed by atoms with Crippen LogP contribution >= 0.6 is 0 Å². The molecular formula is C14H13NO4. The van der Waals surface area contributed by atoms with Gasteiger partial charge in [0.05, 0.1) is 0 Å². The van der Waals surface area contributed by atoms with Crippen molar-refractivity contribution in [3.63, 3.8) is 0 Å². The summed E-state index contributed by atoms with van der Waals surface area (Å²) in [7, 11) is 0. The Kier molecular flexibility index (Phi) is 2.38. The Morgan fingerprint density at radius 2 is 2.05 bits per heavy atom. The summed E-state index contributed by atoms with van der Waals surface area (Å²) in [5.74, 6) is -1.32. The van der Waals surface area contributed by atoms with Crippen LogP contribution in [0.3, 0.4) is 0 Å². The zero-order chi connectivity index (χ0) is 13.6. The SMILES string of the molecule is Cc1ccc2oc(C(=O)NC3(C(=O)O)CC3)cc2c1. The van der Waals surface area contributed by atoms with Crippen LogP contribution in [0.15, 0.2) is 28.7 Å². The highest BCUT2D eigenvalue weighted by atomic mass is 16.4. The molecule has 0 bridgehead atoms. The van der Waals surface area contributed by atoms with E-state index in [0.717, 1.165) is 10.9 Å². The maximum Gasteiger partial charge on any atom is 0.329 e. The van der Waals surface area contributed by atoms with Gasteiger partial charge in [0.1, 0.15) is 11.1 Å². The predicted molar refractivity (Wildman–Crippen MR) is 68.0 cm³/mol. The molecule has 0 radical (unpaired) electrons. The summed E-state index contributed by atoms with van der Waals surface area (Å²) in [5.41, 5.74) is 0.604. The number of hydrogen-bond acceptors (Lipinski definition) is 3. The number of nitrogens with one attached hydrogen (secondary N) is 1. The van der Waals surface area contributed by atoms with Crippen molar-refractivity contribution in [1.82, 2.24) is 5.32 Å². The van der Waals surface area contributed by atoms with E-state index in [-0.39, 0.29) is 5.76 Å². The van der Waals surface area contributed by atoms with E-state index in [1.807, 2.05) is 19.1 Å². The van der Waals surface area contributed by atoms with Crippen LogP contribution in [0.2, 0.25) is 0 Å². The van der Waals surface area contributed by atoms with E-state index in [1.165, 1.54) is 0 Å². The molecule has 3 rings (SSSR count). The van der Waals surface area contributed by atoms with E-state index in [2.05, 4.69) is 5.32 Å². The number of hydrogen-bond donors (Lipinski definition) is 2. The van der Waals surface area contributed by atoms with Gasteiger partial charge in [-0.1, -0.05) is 11.6 Å². The Bertz CT molecular complexity index is 682. The number of amides is 1. The molecule has 2 aromatic rings. The maximum absolute atomic E-state index is 12.0. The average Bonchev–Trinajstić information content (AvgIpc) is 3.01. The van der Waals surface area contributed by atoms with Gasteiger partial charge in [0, 0.05) is 5.39 Å². The van der Waals surface area contributed by atoms with E-state index in [0.29, 0.717) is 18.4 Å². The van der Waals surface area contributed by atoms with Crippen LogP contribution in [0, 0.1) is 6.92 Å². The lowest BCUT2D eigenvalue weighted by atomic mass is 10.2. The third kappa shape index (κ3) is 1.97. The summed E-state index contributed by atoms with van der Waals surface area (Å²) in [6, 6.07) is 7.24. The minimum atomic E-state index is -1.09. The summed E-state index contributed by atoms with van der Waals surface area (Å²) in [6.07, 6.45) is 0.931. The molecule has 1 aromatic heterocycles. The van der Waals surface area contributed by atoms with Crippen LogP contribution in [0.25, 0.3) is 11.0 Å². The van der Waals surface area contributed by atoms with Gasteiger partial charge in [0.15, 0.2) is 5.76 Å². The van der Waals surface area contributed by atoms with Gasteiger partial charge in [-0.25, -0.2) is 4.79 Å². The molecule has 1 aliphatic rings. The molecule has 0 spiro atoms. The molecule has 1 aliphatic carbocycles. The van der Waals surface area contributed by atoms with E-state index in [9.17, 15) is 9.59 Å². The molecule has 98 valence electrons. The number of carbonyl (C=O) groups excluding carboxylic acids is 1. The first-order valence-corrected chi connectivity index (χ1v) is 6.06. The number of fused-ring (bicyclic) bond motifs is 1. The fourth-order valence-electron chi connectivity index (χ4n) is 2.07. The summed E-state index contributed by atoms with van der Waals surface area (Å²) in [5, 5.41) is 12.4. The van der Waals surface area contributed by atoms with Crippen LogP contribution in [0.4, 0.5) is 0 Å². The van der Waals surface area contributed by atoms with Crippen LogP contribution in [-0.4, -0.2) is 22.5 Å². The van der Waals surface area contributed by atoms with Gasteiger partial charge in [0.25, 0.3) is 5.91 Å². The molecule has 19 heavy (non-hydrogen) atoms. The van der Waals surface area contributed by atoms with Gasteiger partial charge in [-0.05, 0) is 38.0 Å². The predicted octanol–water partition coefficient (Wildman–Crippen LogP) is 2.09. The largest absolute Gasteiger partial charge is 0.480 e. The first kappa shape index (κ1) is 11.8. The lowest BCUT2D eigenvalue weighted by molar-refractivity contribution is -0.140. The first-order chi connectivity index (χ1) is 9.00. The van der Waals surface area contributed by atoms with E-state index < -0.39 is 17.4 Å². The third-order valence-electron chi connectivity index (χ3n) is 3.41. The highest BCUT2D eigenvalue weighted by Crippen LogP contribution is 2.36. The van der Waals surface area contributed by atoms with Gasteiger partial charge in [-0.3, -0.25) is 4.79 Å².